The van der Waals surface area contributed by atoms with Gasteiger partial charge in [0.2, 0.25) is 0 Å². The Morgan fingerprint density at radius 1 is 1.22 bits per heavy atom. The Kier molecular flexibility index (Phi) is 7.08. The Bertz CT molecular complexity index is 1120. The van der Waals surface area contributed by atoms with E-state index in [1.807, 2.05) is 12.3 Å². The molecule has 0 saturated carbocycles. The van der Waals surface area contributed by atoms with Gasteiger partial charge in [-0.15, -0.1) is 11.3 Å². The number of hydrogen-bond donors (Lipinski definition) is 0. The first-order valence-electron chi connectivity index (χ1n) is 9.34. The van der Waals surface area contributed by atoms with Crippen LogP contribution in [-0.2, 0) is 13.2 Å². The molecule has 168 valence electrons. The number of amides is 1. The van der Waals surface area contributed by atoms with Crippen molar-refractivity contribution in [1.29, 1.82) is 0 Å². The normalized spacial score (nSPS) is 11.2. The number of thiazole rings is 1. The van der Waals surface area contributed by atoms with Gasteiger partial charge in [0.15, 0.2) is 0 Å². The third kappa shape index (κ3) is 6.27. The van der Waals surface area contributed by atoms with Gasteiger partial charge in [-0.25, -0.2) is 4.98 Å². The minimum Gasteiger partial charge on any atom is -0.487 e. The fourth-order valence-electron chi connectivity index (χ4n) is 2.98. The second kappa shape index (κ2) is 9.77. The van der Waals surface area contributed by atoms with Gasteiger partial charge in [0.1, 0.15) is 18.9 Å². The molecule has 11 heteroatoms. The van der Waals surface area contributed by atoms with Gasteiger partial charge in [-0.1, -0.05) is 24.3 Å². The van der Waals surface area contributed by atoms with Gasteiger partial charge in [-0.05, 0) is 25.1 Å². The number of aryl methyl sites for hydroxylation is 1. The number of benzene rings is 2. The van der Waals surface area contributed by atoms with Crippen LogP contribution in [0.5, 0.6) is 5.75 Å². The number of nitro groups is 1. The van der Waals surface area contributed by atoms with Crippen LogP contribution in [-0.4, -0.2) is 33.4 Å². The Labute approximate surface area is 185 Å². The lowest BCUT2D eigenvalue weighted by Crippen LogP contribution is -2.38. The molecule has 3 aromatic rings. The molecule has 0 aliphatic heterocycles. The van der Waals surface area contributed by atoms with Crippen molar-refractivity contribution in [2.75, 3.05) is 6.54 Å². The zero-order chi connectivity index (χ0) is 23.3. The number of alkyl halides is 3. The second-order valence-electron chi connectivity index (χ2n) is 6.84. The highest BCUT2D eigenvalue weighted by Gasteiger charge is 2.34. The zero-order valence-corrected chi connectivity index (χ0v) is 17.7. The summed E-state index contributed by atoms with van der Waals surface area (Å²) in [6, 6.07) is 11.1. The van der Waals surface area contributed by atoms with Crippen molar-refractivity contribution in [3.05, 3.63) is 85.9 Å². The molecule has 1 amide bonds. The monoisotopic (exact) mass is 465 g/mol. The van der Waals surface area contributed by atoms with Crippen LogP contribution in [0.1, 0.15) is 26.6 Å². The van der Waals surface area contributed by atoms with Crippen molar-refractivity contribution in [2.45, 2.75) is 26.3 Å². The predicted molar refractivity (Wildman–Crippen MR) is 112 cm³/mol. The van der Waals surface area contributed by atoms with E-state index in [4.69, 9.17) is 4.74 Å². The highest BCUT2D eigenvalue weighted by Crippen LogP contribution is 2.25. The first-order chi connectivity index (χ1) is 15.1. The standard InChI is InChI=1S/C21H18F3N3O4S/c1-14-25-17(12-32-14)11-31-18-7-4-6-15(9-18)20(28)26(13-21(22,23)24)10-16-5-2-3-8-19(16)27(29)30/h2-9,12H,10-11,13H2,1H3. The van der Waals surface area contributed by atoms with E-state index in [1.165, 1.54) is 53.8 Å². The number of nitrogens with zero attached hydrogens (tertiary/aromatic N) is 3. The van der Waals surface area contributed by atoms with E-state index in [2.05, 4.69) is 4.98 Å². The van der Waals surface area contributed by atoms with Gasteiger partial charge in [-0.3, -0.25) is 14.9 Å². The van der Waals surface area contributed by atoms with Gasteiger partial charge in [0, 0.05) is 22.6 Å². The molecule has 0 bridgehead atoms. The number of carbonyl (C=O) groups excluding carboxylic acids is 1. The summed E-state index contributed by atoms with van der Waals surface area (Å²) in [5, 5.41) is 13.9. The fourth-order valence-corrected chi connectivity index (χ4v) is 3.57. The summed E-state index contributed by atoms with van der Waals surface area (Å²) in [6.07, 6.45) is -4.68. The Balaban J connectivity index is 1.82. The molecule has 32 heavy (non-hydrogen) atoms. The quantitative estimate of drug-likeness (QED) is 0.340. The number of carbonyl (C=O) groups is 1. The molecule has 0 atom stereocenters. The largest absolute Gasteiger partial charge is 0.487 e. The number of nitro benzene ring substituents is 1. The summed E-state index contributed by atoms with van der Waals surface area (Å²) in [4.78, 5) is 28.2. The maximum absolute atomic E-state index is 13.2. The van der Waals surface area contributed by atoms with E-state index < -0.39 is 30.1 Å². The minimum atomic E-state index is -4.68. The molecule has 3 rings (SSSR count). The molecule has 0 saturated heterocycles. The third-order valence-electron chi connectivity index (χ3n) is 4.34. The molecular weight excluding hydrogens is 447 g/mol. The van der Waals surface area contributed by atoms with Crippen LogP contribution in [0.15, 0.2) is 53.9 Å². The van der Waals surface area contributed by atoms with E-state index in [0.717, 1.165) is 5.01 Å². The van der Waals surface area contributed by atoms with Crippen molar-refractivity contribution in [3.63, 3.8) is 0 Å². The van der Waals surface area contributed by atoms with Crippen molar-refractivity contribution >= 4 is 22.9 Å². The van der Waals surface area contributed by atoms with Crippen molar-refractivity contribution < 1.29 is 27.6 Å². The van der Waals surface area contributed by atoms with E-state index in [1.54, 1.807) is 6.07 Å². The summed E-state index contributed by atoms with van der Waals surface area (Å²) in [5.74, 6) is -0.630. The van der Waals surface area contributed by atoms with Crippen LogP contribution in [0.25, 0.3) is 0 Å². The number of aromatic nitrogens is 1. The zero-order valence-electron chi connectivity index (χ0n) is 16.8. The molecule has 0 radical (unpaired) electrons. The van der Waals surface area contributed by atoms with Gasteiger partial charge in [0.25, 0.3) is 11.6 Å². The Morgan fingerprint density at radius 3 is 2.62 bits per heavy atom. The highest BCUT2D eigenvalue weighted by molar-refractivity contribution is 7.09. The second-order valence-corrected chi connectivity index (χ2v) is 7.90. The van der Waals surface area contributed by atoms with Crippen molar-refractivity contribution in [2.24, 2.45) is 0 Å². The van der Waals surface area contributed by atoms with Crippen LogP contribution in [0.4, 0.5) is 18.9 Å². The van der Waals surface area contributed by atoms with Gasteiger partial charge in [-0.2, -0.15) is 13.2 Å². The number of ether oxygens (including phenoxy) is 1. The Hall–Kier alpha value is -3.47. The van der Waals surface area contributed by atoms with Crippen LogP contribution < -0.4 is 4.74 Å². The van der Waals surface area contributed by atoms with Crippen LogP contribution in [0.3, 0.4) is 0 Å². The van der Waals surface area contributed by atoms with Crippen LogP contribution >= 0.6 is 11.3 Å². The summed E-state index contributed by atoms with van der Waals surface area (Å²) in [5.41, 5.74) is 0.309. The van der Waals surface area contributed by atoms with Crippen LogP contribution in [0, 0.1) is 17.0 Å². The summed E-state index contributed by atoms with van der Waals surface area (Å²) < 4.78 is 45.1. The lowest BCUT2D eigenvalue weighted by atomic mass is 10.1. The summed E-state index contributed by atoms with van der Waals surface area (Å²) in [6.45, 7) is -0.135. The predicted octanol–water partition coefficient (Wildman–Crippen LogP) is 5.14. The van der Waals surface area contributed by atoms with Crippen molar-refractivity contribution in [3.8, 4) is 5.75 Å². The first-order valence-corrected chi connectivity index (χ1v) is 10.2. The molecule has 7 nitrogen and oxygen atoms in total. The van der Waals surface area contributed by atoms with Gasteiger partial charge in [0.05, 0.1) is 22.2 Å². The maximum Gasteiger partial charge on any atom is 0.406 e. The summed E-state index contributed by atoms with van der Waals surface area (Å²) in [7, 11) is 0. The number of hydrogen-bond acceptors (Lipinski definition) is 6. The molecule has 1 heterocycles. The molecule has 2 aromatic carbocycles. The highest BCUT2D eigenvalue weighted by atomic mass is 32.1. The van der Waals surface area contributed by atoms with E-state index >= 15 is 0 Å². The molecule has 0 aliphatic rings. The number of halogens is 3. The summed E-state index contributed by atoms with van der Waals surface area (Å²) >= 11 is 1.45. The van der Waals surface area contributed by atoms with E-state index in [0.29, 0.717) is 16.3 Å². The SMILES string of the molecule is Cc1nc(COc2cccc(C(=O)N(Cc3ccccc3[N+](=O)[O-])CC(F)(F)F)c2)cs1. The molecule has 0 N–H and O–H groups in total. The molecular formula is C21H18F3N3O4S. The molecule has 0 spiro atoms. The van der Waals surface area contributed by atoms with E-state index in [-0.39, 0.29) is 23.4 Å². The average Bonchev–Trinajstić information content (AvgIpc) is 3.16. The molecule has 0 unspecified atom stereocenters. The minimum absolute atomic E-state index is 0.00130. The molecule has 1 aromatic heterocycles. The fraction of sp³-hybridized carbons (Fsp3) is 0.238. The number of para-hydroxylation sites is 1. The van der Waals surface area contributed by atoms with Gasteiger partial charge < -0.3 is 9.64 Å². The molecule has 0 fully saturated rings. The number of rotatable bonds is 8. The Morgan fingerprint density at radius 2 is 1.97 bits per heavy atom. The smallest absolute Gasteiger partial charge is 0.406 e. The third-order valence-corrected chi connectivity index (χ3v) is 5.16. The van der Waals surface area contributed by atoms with Gasteiger partial charge >= 0.3 is 6.18 Å². The van der Waals surface area contributed by atoms with Crippen molar-refractivity contribution in [1.82, 2.24) is 9.88 Å². The average molecular weight is 465 g/mol. The van der Waals surface area contributed by atoms with Crippen LogP contribution in [0.2, 0.25) is 0 Å². The maximum atomic E-state index is 13.2. The van der Waals surface area contributed by atoms with E-state index in [9.17, 15) is 28.1 Å². The molecule has 0 aliphatic carbocycles. The lowest BCUT2D eigenvalue weighted by Gasteiger charge is -2.24. The topological polar surface area (TPSA) is 85.6 Å². The lowest BCUT2D eigenvalue weighted by molar-refractivity contribution is -0.385. The first kappa shape index (κ1) is 23.2.